The van der Waals surface area contributed by atoms with Crippen molar-refractivity contribution in [3.05, 3.63) is 83.9 Å². The van der Waals surface area contributed by atoms with Gasteiger partial charge in [-0.25, -0.2) is 0 Å². The van der Waals surface area contributed by atoms with Crippen molar-refractivity contribution in [1.29, 1.82) is 0 Å². The Morgan fingerprint density at radius 1 is 0.963 bits per heavy atom. The highest BCUT2D eigenvalue weighted by Crippen LogP contribution is 2.33. The van der Waals surface area contributed by atoms with Gasteiger partial charge in [0.15, 0.2) is 0 Å². The monoisotopic (exact) mass is 379 g/mol. The van der Waals surface area contributed by atoms with E-state index >= 15 is 0 Å². The predicted molar refractivity (Wildman–Crippen MR) is 109 cm³/mol. The van der Waals surface area contributed by atoms with Gasteiger partial charge >= 0.3 is 0 Å². The Morgan fingerprint density at radius 3 is 2.44 bits per heavy atom. The number of ether oxygens (including phenoxy) is 2. The molecule has 0 saturated heterocycles. The van der Waals surface area contributed by atoms with E-state index in [2.05, 4.69) is 5.32 Å². The third-order valence-electron chi connectivity index (χ3n) is 3.95. The van der Waals surface area contributed by atoms with Crippen LogP contribution in [-0.4, -0.2) is 20.1 Å². The Kier molecular flexibility index (Phi) is 6.52. The minimum Gasteiger partial charge on any atom is -0.496 e. The standard InChI is InChI=1S/C22H21NO3S/c1-25-15-17-14-16(12-13-20(17)26-2)22(24)23-19-10-6-7-11-21(19)27-18-8-4-3-5-9-18/h3-14H,15H2,1-2H3,(H,23,24). The van der Waals surface area contributed by atoms with Gasteiger partial charge in [0.05, 0.1) is 19.4 Å². The molecule has 138 valence electrons. The summed E-state index contributed by atoms with van der Waals surface area (Å²) in [5, 5.41) is 3.01. The molecule has 0 aliphatic carbocycles. The van der Waals surface area contributed by atoms with Crippen LogP contribution in [0.1, 0.15) is 15.9 Å². The van der Waals surface area contributed by atoms with Crippen LogP contribution in [0.2, 0.25) is 0 Å². The molecule has 3 aromatic rings. The molecule has 0 heterocycles. The molecule has 27 heavy (non-hydrogen) atoms. The van der Waals surface area contributed by atoms with E-state index in [0.717, 1.165) is 21.0 Å². The zero-order chi connectivity index (χ0) is 19.1. The van der Waals surface area contributed by atoms with Crippen molar-refractivity contribution in [3.8, 4) is 5.75 Å². The lowest BCUT2D eigenvalue weighted by Gasteiger charge is -2.13. The minimum atomic E-state index is -0.170. The summed E-state index contributed by atoms with van der Waals surface area (Å²) in [6.07, 6.45) is 0. The molecule has 4 nitrogen and oxygen atoms in total. The number of para-hydroxylation sites is 1. The van der Waals surface area contributed by atoms with Crippen molar-refractivity contribution < 1.29 is 14.3 Å². The quantitative estimate of drug-likeness (QED) is 0.609. The molecule has 1 amide bonds. The highest BCUT2D eigenvalue weighted by molar-refractivity contribution is 7.99. The van der Waals surface area contributed by atoms with Crippen LogP contribution in [0, 0.1) is 0 Å². The molecule has 0 aromatic heterocycles. The van der Waals surface area contributed by atoms with Gasteiger partial charge in [-0.05, 0) is 42.5 Å². The summed E-state index contributed by atoms with van der Waals surface area (Å²) < 4.78 is 10.5. The van der Waals surface area contributed by atoms with Gasteiger partial charge in [0.1, 0.15) is 5.75 Å². The van der Waals surface area contributed by atoms with Gasteiger partial charge in [-0.15, -0.1) is 0 Å². The first kappa shape index (κ1) is 19.0. The van der Waals surface area contributed by atoms with Crippen molar-refractivity contribution in [1.82, 2.24) is 0 Å². The molecule has 0 spiro atoms. The van der Waals surface area contributed by atoms with Gasteiger partial charge < -0.3 is 14.8 Å². The zero-order valence-corrected chi connectivity index (χ0v) is 16.1. The molecular weight excluding hydrogens is 358 g/mol. The Labute approximate surface area is 163 Å². The van der Waals surface area contributed by atoms with Crippen LogP contribution in [0.4, 0.5) is 5.69 Å². The molecule has 5 heteroatoms. The number of carbonyl (C=O) groups is 1. The highest BCUT2D eigenvalue weighted by atomic mass is 32.2. The van der Waals surface area contributed by atoms with E-state index in [-0.39, 0.29) is 5.91 Å². The predicted octanol–water partition coefficient (Wildman–Crippen LogP) is 5.25. The van der Waals surface area contributed by atoms with Crippen LogP contribution in [0.5, 0.6) is 5.75 Å². The summed E-state index contributed by atoms with van der Waals surface area (Å²) >= 11 is 1.61. The second-order valence-corrected chi connectivity index (χ2v) is 6.94. The third kappa shape index (κ3) is 4.90. The lowest BCUT2D eigenvalue weighted by atomic mass is 10.1. The summed E-state index contributed by atoms with van der Waals surface area (Å²) in [5.74, 6) is 0.532. The number of rotatable bonds is 7. The van der Waals surface area contributed by atoms with E-state index in [0.29, 0.717) is 17.9 Å². The van der Waals surface area contributed by atoms with Crippen LogP contribution in [-0.2, 0) is 11.3 Å². The average molecular weight is 379 g/mol. The van der Waals surface area contributed by atoms with E-state index in [4.69, 9.17) is 9.47 Å². The number of carbonyl (C=O) groups excluding carboxylic acids is 1. The van der Waals surface area contributed by atoms with Gasteiger partial charge in [0.25, 0.3) is 5.91 Å². The fourth-order valence-corrected chi connectivity index (χ4v) is 3.58. The maximum Gasteiger partial charge on any atom is 0.255 e. The lowest BCUT2D eigenvalue weighted by Crippen LogP contribution is -2.13. The number of amides is 1. The molecule has 3 aromatic carbocycles. The fraction of sp³-hybridized carbons (Fsp3) is 0.136. The Morgan fingerprint density at radius 2 is 1.70 bits per heavy atom. The van der Waals surface area contributed by atoms with Gasteiger partial charge in [-0.2, -0.15) is 0 Å². The van der Waals surface area contributed by atoms with E-state index in [1.54, 1.807) is 44.2 Å². The third-order valence-corrected chi connectivity index (χ3v) is 5.03. The van der Waals surface area contributed by atoms with E-state index in [1.165, 1.54) is 0 Å². The van der Waals surface area contributed by atoms with Crippen molar-refractivity contribution in [2.45, 2.75) is 16.4 Å². The number of nitrogens with one attached hydrogen (secondary N) is 1. The molecule has 0 aliphatic heterocycles. The maximum absolute atomic E-state index is 12.8. The summed E-state index contributed by atoms with van der Waals surface area (Å²) in [5.41, 5.74) is 2.17. The molecule has 0 bridgehead atoms. The molecule has 0 unspecified atom stereocenters. The Bertz CT molecular complexity index is 912. The molecule has 0 aliphatic rings. The topological polar surface area (TPSA) is 47.6 Å². The molecule has 0 radical (unpaired) electrons. The SMILES string of the molecule is COCc1cc(C(=O)Nc2ccccc2Sc2ccccc2)ccc1OC. The normalized spacial score (nSPS) is 10.4. The first-order valence-electron chi connectivity index (χ1n) is 8.50. The van der Waals surface area contributed by atoms with Gasteiger partial charge in [0, 0.05) is 28.0 Å². The van der Waals surface area contributed by atoms with Crippen molar-refractivity contribution in [3.63, 3.8) is 0 Å². The van der Waals surface area contributed by atoms with E-state index < -0.39 is 0 Å². The van der Waals surface area contributed by atoms with Crippen molar-refractivity contribution in [2.24, 2.45) is 0 Å². The van der Waals surface area contributed by atoms with Gasteiger partial charge in [-0.1, -0.05) is 42.1 Å². The summed E-state index contributed by atoms with van der Waals surface area (Å²) in [4.78, 5) is 14.9. The fourth-order valence-electron chi connectivity index (χ4n) is 2.66. The van der Waals surface area contributed by atoms with E-state index in [9.17, 15) is 4.79 Å². The Hall–Kier alpha value is -2.76. The second-order valence-electron chi connectivity index (χ2n) is 5.83. The molecule has 0 saturated carbocycles. The second kappa shape index (κ2) is 9.26. The Balaban J connectivity index is 1.81. The number of hydrogen-bond acceptors (Lipinski definition) is 4. The van der Waals surface area contributed by atoms with Crippen LogP contribution in [0.25, 0.3) is 0 Å². The molecule has 1 N–H and O–H groups in total. The summed E-state index contributed by atoms with van der Waals surface area (Å²) in [6, 6.07) is 23.2. The van der Waals surface area contributed by atoms with E-state index in [1.807, 2.05) is 54.6 Å². The molecule has 3 rings (SSSR count). The highest BCUT2D eigenvalue weighted by Gasteiger charge is 2.13. The van der Waals surface area contributed by atoms with Crippen molar-refractivity contribution >= 4 is 23.4 Å². The summed E-state index contributed by atoms with van der Waals surface area (Å²) in [7, 11) is 3.22. The maximum atomic E-state index is 12.8. The summed E-state index contributed by atoms with van der Waals surface area (Å²) in [6.45, 7) is 0.380. The lowest BCUT2D eigenvalue weighted by molar-refractivity contribution is 0.102. The molecular formula is C22H21NO3S. The average Bonchev–Trinajstić information content (AvgIpc) is 2.70. The van der Waals surface area contributed by atoms with Crippen LogP contribution in [0.3, 0.4) is 0 Å². The van der Waals surface area contributed by atoms with Crippen molar-refractivity contribution in [2.75, 3.05) is 19.5 Å². The first-order valence-corrected chi connectivity index (χ1v) is 9.32. The number of methoxy groups -OCH3 is 2. The zero-order valence-electron chi connectivity index (χ0n) is 15.3. The number of anilines is 1. The minimum absolute atomic E-state index is 0.170. The smallest absolute Gasteiger partial charge is 0.255 e. The number of benzene rings is 3. The first-order chi connectivity index (χ1) is 13.2. The molecule has 0 atom stereocenters. The van der Waals surface area contributed by atoms with Gasteiger partial charge in [0.2, 0.25) is 0 Å². The van der Waals surface area contributed by atoms with Crippen LogP contribution in [0.15, 0.2) is 82.6 Å². The largest absolute Gasteiger partial charge is 0.496 e. The molecule has 0 fully saturated rings. The number of hydrogen-bond donors (Lipinski definition) is 1. The van der Waals surface area contributed by atoms with Gasteiger partial charge in [-0.3, -0.25) is 4.79 Å². The van der Waals surface area contributed by atoms with Crippen LogP contribution < -0.4 is 10.1 Å². The van der Waals surface area contributed by atoms with Crippen LogP contribution >= 0.6 is 11.8 Å².